The molecule has 0 atom stereocenters. The van der Waals surface area contributed by atoms with E-state index in [1.807, 2.05) is 60.3 Å². The molecule has 42 heavy (non-hydrogen) atoms. The zero-order chi connectivity index (χ0) is 29.4. The fourth-order valence-corrected chi connectivity index (χ4v) is 4.66. The molecule has 3 aromatic carbocycles. The summed E-state index contributed by atoms with van der Waals surface area (Å²) in [6.07, 6.45) is -0.869. The number of aromatic nitrogens is 3. The number of pyridine rings is 1. The second kappa shape index (κ2) is 10.8. The molecule has 5 nitrogen and oxygen atoms in total. The Balaban J connectivity index is 1.13. The van der Waals surface area contributed by atoms with Crippen LogP contribution in [0.1, 0.15) is 22.6 Å². The molecule has 0 bridgehead atoms. The molecular weight excluding hydrogens is 553 g/mol. The minimum absolute atomic E-state index is 0.0141. The van der Waals surface area contributed by atoms with Crippen LogP contribution in [-0.2, 0) is 19.3 Å². The summed E-state index contributed by atoms with van der Waals surface area (Å²) < 4.78 is 78.4. The van der Waals surface area contributed by atoms with Gasteiger partial charge in [-0.1, -0.05) is 36.4 Å². The standard InChI is InChI=1S/C32H22F5N3O2/c1-19-15-22(41-18-23-10-12-29(42-23)32(35,36)37)9-11-24(19)21-7-5-20(6-8-21)16-40-14-13-27-28(17-40)39-31(38-27)25-3-2-4-26(33)30(25)34/h2-15,17H,16,18H2,1H3. The maximum absolute atomic E-state index is 14.2. The number of halogens is 5. The molecule has 2 aliphatic heterocycles. The number of alkyl halides is 3. The van der Waals surface area contributed by atoms with Crippen LogP contribution >= 0.6 is 0 Å². The van der Waals surface area contributed by atoms with Crippen LogP contribution in [0.5, 0.6) is 5.75 Å². The first-order chi connectivity index (χ1) is 20.1. The zero-order valence-corrected chi connectivity index (χ0v) is 22.1. The van der Waals surface area contributed by atoms with Gasteiger partial charge in [-0.05, 0) is 71.6 Å². The Morgan fingerprint density at radius 1 is 0.857 bits per heavy atom. The number of rotatable bonds is 7. The van der Waals surface area contributed by atoms with Gasteiger partial charge < -0.3 is 13.7 Å². The van der Waals surface area contributed by atoms with Crippen molar-refractivity contribution in [2.24, 2.45) is 0 Å². The second-order valence-electron chi connectivity index (χ2n) is 9.76. The van der Waals surface area contributed by atoms with E-state index in [-0.39, 0.29) is 23.8 Å². The van der Waals surface area contributed by atoms with Gasteiger partial charge in [0.2, 0.25) is 5.76 Å². The minimum atomic E-state index is -4.53. The van der Waals surface area contributed by atoms with Gasteiger partial charge in [0.15, 0.2) is 17.5 Å². The van der Waals surface area contributed by atoms with E-state index in [1.165, 1.54) is 18.2 Å². The Bertz CT molecular complexity index is 1840. The van der Waals surface area contributed by atoms with Gasteiger partial charge in [0.05, 0.1) is 11.3 Å². The molecule has 0 saturated carbocycles. The average molecular weight is 576 g/mol. The quantitative estimate of drug-likeness (QED) is 0.179. The summed E-state index contributed by atoms with van der Waals surface area (Å²) in [4.78, 5) is 8.74. The molecule has 3 heterocycles. The van der Waals surface area contributed by atoms with Crippen LogP contribution in [-0.4, -0.2) is 14.5 Å². The van der Waals surface area contributed by atoms with Crippen molar-refractivity contribution in [2.45, 2.75) is 26.3 Å². The molecule has 0 spiro atoms. The van der Waals surface area contributed by atoms with Gasteiger partial charge in [0.25, 0.3) is 0 Å². The molecule has 0 unspecified atom stereocenters. The summed E-state index contributed by atoms with van der Waals surface area (Å²) in [7, 11) is 0. The number of nitrogens with zero attached hydrogens (tertiary/aromatic N) is 3. The summed E-state index contributed by atoms with van der Waals surface area (Å²) >= 11 is 0. The number of fused-ring (bicyclic) bond motifs is 1. The van der Waals surface area contributed by atoms with Crippen molar-refractivity contribution in [1.82, 2.24) is 14.5 Å². The smallest absolute Gasteiger partial charge is 0.449 e. The highest BCUT2D eigenvalue weighted by Crippen LogP contribution is 2.32. The highest BCUT2D eigenvalue weighted by Gasteiger charge is 2.34. The lowest BCUT2D eigenvalue weighted by Crippen LogP contribution is -2.02. The van der Waals surface area contributed by atoms with Crippen molar-refractivity contribution >= 4 is 0 Å². The summed E-state index contributed by atoms with van der Waals surface area (Å²) in [6.45, 7) is 2.37. The van der Waals surface area contributed by atoms with E-state index >= 15 is 0 Å². The highest BCUT2D eigenvalue weighted by molar-refractivity contribution is 5.69. The molecule has 10 heteroatoms. The SMILES string of the molecule is Cc1cc(OCc2ccc(C(F)(F)F)o2)ccc1-c1ccc(Cn2ccc3nc(-c4cccc(F)c4F)nc-3c2)cc1. The van der Waals surface area contributed by atoms with Crippen LogP contribution in [0.2, 0.25) is 0 Å². The fraction of sp³-hybridized carbons (Fsp3) is 0.125. The number of imidazole rings is 1. The first-order valence-corrected chi connectivity index (χ1v) is 12.9. The molecule has 6 rings (SSSR count). The Labute approximate surface area is 237 Å². The maximum Gasteiger partial charge on any atom is 0.449 e. The van der Waals surface area contributed by atoms with Crippen molar-refractivity contribution in [3.8, 4) is 39.7 Å². The van der Waals surface area contributed by atoms with E-state index < -0.39 is 23.6 Å². The predicted molar refractivity (Wildman–Crippen MR) is 146 cm³/mol. The average Bonchev–Trinajstić information content (AvgIpc) is 3.61. The van der Waals surface area contributed by atoms with Gasteiger partial charge in [-0.2, -0.15) is 13.2 Å². The van der Waals surface area contributed by atoms with Gasteiger partial charge in [0.1, 0.15) is 23.8 Å². The molecule has 0 aliphatic carbocycles. The molecule has 1 aromatic heterocycles. The van der Waals surface area contributed by atoms with Crippen LogP contribution in [0.15, 0.2) is 95.7 Å². The van der Waals surface area contributed by atoms with Crippen LogP contribution in [0.25, 0.3) is 33.9 Å². The Morgan fingerprint density at radius 3 is 2.38 bits per heavy atom. The summed E-state index contributed by atoms with van der Waals surface area (Å²) in [6, 6.07) is 21.4. The molecule has 0 N–H and O–H groups in total. The Kier molecular flexibility index (Phi) is 6.97. The lowest BCUT2D eigenvalue weighted by molar-refractivity contribution is -0.153. The lowest BCUT2D eigenvalue weighted by Gasteiger charge is -2.12. The molecule has 2 aliphatic rings. The predicted octanol–water partition coefficient (Wildman–Crippen LogP) is 8.54. The van der Waals surface area contributed by atoms with Crippen molar-refractivity contribution in [3.63, 3.8) is 0 Å². The monoisotopic (exact) mass is 575 g/mol. The van der Waals surface area contributed by atoms with Gasteiger partial charge in [0, 0.05) is 18.9 Å². The van der Waals surface area contributed by atoms with Gasteiger partial charge in [-0.3, -0.25) is 0 Å². The summed E-state index contributed by atoms with van der Waals surface area (Å²) in [5.74, 6) is -2.24. The van der Waals surface area contributed by atoms with Crippen molar-refractivity contribution < 1.29 is 31.1 Å². The highest BCUT2D eigenvalue weighted by atomic mass is 19.4. The first kappa shape index (κ1) is 27.2. The molecule has 212 valence electrons. The van der Waals surface area contributed by atoms with Crippen LogP contribution in [0, 0.1) is 18.6 Å². The third kappa shape index (κ3) is 5.60. The molecule has 0 fully saturated rings. The first-order valence-electron chi connectivity index (χ1n) is 12.9. The van der Waals surface area contributed by atoms with E-state index in [0.717, 1.165) is 34.4 Å². The summed E-state index contributed by atoms with van der Waals surface area (Å²) in [5.41, 5.74) is 5.12. The number of hydrogen-bond acceptors (Lipinski definition) is 4. The van der Waals surface area contributed by atoms with Gasteiger partial charge >= 0.3 is 6.18 Å². The van der Waals surface area contributed by atoms with E-state index in [1.54, 1.807) is 12.1 Å². The summed E-state index contributed by atoms with van der Waals surface area (Å²) in [5, 5.41) is 0. The normalized spacial score (nSPS) is 11.8. The number of furan rings is 1. The van der Waals surface area contributed by atoms with Crippen molar-refractivity contribution in [2.75, 3.05) is 0 Å². The topological polar surface area (TPSA) is 53.1 Å². The number of benzene rings is 3. The van der Waals surface area contributed by atoms with Crippen LogP contribution in [0.4, 0.5) is 22.0 Å². The lowest BCUT2D eigenvalue weighted by atomic mass is 9.99. The van der Waals surface area contributed by atoms with Crippen LogP contribution in [0.3, 0.4) is 0 Å². The number of ether oxygens (including phenoxy) is 1. The second-order valence-corrected chi connectivity index (χ2v) is 9.76. The molecule has 0 amide bonds. The Hall–Kier alpha value is -4.99. The largest absolute Gasteiger partial charge is 0.486 e. The van der Waals surface area contributed by atoms with E-state index in [0.29, 0.717) is 23.7 Å². The number of hydrogen-bond donors (Lipinski definition) is 0. The van der Waals surface area contributed by atoms with Crippen molar-refractivity contribution in [3.05, 3.63) is 126 Å². The van der Waals surface area contributed by atoms with Gasteiger partial charge in [-0.15, -0.1) is 0 Å². The fourth-order valence-electron chi connectivity index (χ4n) is 4.66. The zero-order valence-electron chi connectivity index (χ0n) is 22.1. The maximum atomic E-state index is 14.2. The third-order valence-corrected chi connectivity index (χ3v) is 6.77. The minimum Gasteiger partial charge on any atom is -0.486 e. The number of aryl methyl sites for hydroxylation is 1. The van der Waals surface area contributed by atoms with E-state index in [4.69, 9.17) is 9.15 Å². The molecule has 4 aromatic rings. The molecule has 0 radical (unpaired) electrons. The molecular formula is C32H22F5N3O2. The van der Waals surface area contributed by atoms with E-state index in [2.05, 4.69) is 9.97 Å². The van der Waals surface area contributed by atoms with Gasteiger partial charge in [-0.25, -0.2) is 18.7 Å². The Morgan fingerprint density at radius 2 is 1.64 bits per heavy atom. The van der Waals surface area contributed by atoms with E-state index in [9.17, 15) is 22.0 Å². The molecule has 0 saturated heterocycles. The van der Waals surface area contributed by atoms with Crippen LogP contribution < -0.4 is 4.74 Å². The third-order valence-electron chi connectivity index (χ3n) is 6.77. The van der Waals surface area contributed by atoms with Crippen molar-refractivity contribution in [1.29, 1.82) is 0 Å².